The molecule has 0 atom stereocenters. The Kier molecular flexibility index (Phi) is 10.3. The van der Waals surface area contributed by atoms with Crippen molar-refractivity contribution in [2.45, 2.75) is 32.7 Å². The Morgan fingerprint density at radius 1 is 1.40 bits per heavy atom. The van der Waals surface area contributed by atoms with Gasteiger partial charge in [0, 0.05) is 32.6 Å². The van der Waals surface area contributed by atoms with Gasteiger partial charge in [-0.3, -0.25) is 4.79 Å². The van der Waals surface area contributed by atoms with Crippen molar-refractivity contribution >= 4 is 51.8 Å². The highest BCUT2D eigenvalue weighted by molar-refractivity contribution is 14.0. The van der Waals surface area contributed by atoms with Crippen LogP contribution >= 0.6 is 39.9 Å². The summed E-state index contributed by atoms with van der Waals surface area (Å²) < 4.78 is 14.0. The monoisotopic (exact) mass is 526 g/mol. The minimum Gasteiger partial charge on any atom is -0.357 e. The first-order valence-electron chi connectivity index (χ1n) is 8.34. The maximum absolute atomic E-state index is 13.5. The fourth-order valence-corrected chi connectivity index (χ4v) is 2.81. The summed E-state index contributed by atoms with van der Waals surface area (Å²) in [4.78, 5) is 17.9. The average molecular weight is 527 g/mol. The number of nitrogens with zero attached hydrogens (tertiary/aromatic N) is 2. The molecule has 1 aromatic carbocycles. The number of guanidine groups is 1. The Hall–Kier alpha value is -0.900. The maximum Gasteiger partial charge on any atom is 0.222 e. The van der Waals surface area contributed by atoms with Crippen LogP contribution in [0.5, 0.6) is 0 Å². The van der Waals surface area contributed by atoms with Gasteiger partial charge < -0.3 is 15.5 Å². The second-order valence-electron chi connectivity index (χ2n) is 5.71. The van der Waals surface area contributed by atoms with Crippen LogP contribution in [-0.4, -0.2) is 42.9 Å². The molecule has 1 amide bonds. The van der Waals surface area contributed by atoms with Crippen LogP contribution in [0.4, 0.5) is 4.39 Å². The van der Waals surface area contributed by atoms with Gasteiger partial charge in [-0.15, -0.1) is 24.0 Å². The third-order valence-corrected chi connectivity index (χ3v) is 4.46. The first kappa shape index (κ1) is 22.1. The third kappa shape index (κ3) is 7.47. The molecule has 8 heteroatoms. The van der Waals surface area contributed by atoms with Gasteiger partial charge in [-0.2, -0.15) is 0 Å². The summed E-state index contributed by atoms with van der Waals surface area (Å²) in [6.07, 6.45) is 2.53. The number of carbonyl (C=O) groups is 1. The van der Waals surface area contributed by atoms with Crippen molar-refractivity contribution in [1.29, 1.82) is 0 Å². The Balaban J connectivity index is 0.00000312. The van der Waals surface area contributed by atoms with Gasteiger partial charge >= 0.3 is 0 Å². The number of hydrogen-bond acceptors (Lipinski definition) is 2. The van der Waals surface area contributed by atoms with E-state index in [1.165, 1.54) is 6.07 Å². The van der Waals surface area contributed by atoms with Crippen molar-refractivity contribution < 1.29 is 9.18 Å². The van der Waals surface area contributed by atoms with Gasteiger partial charge in [0.2, 0.25) is 5.91 Å². The smallest absolute Gasteiger partial charge is 0.222 e. The van der Waals surface area contributed by atoms with E-state index in [0.717, 1.165) is 44.6 Å². The number of nitrogens with one attached hydrogen (secondary N) is 2. The molecule has 0 bridgehead atoms. The summed E-state index contributed by atoms with van der Waals surface area (Å²) in [6, 6.07) is 5.02. The molecule has 1 saturated heterocycles. The zero-order valence-corrected chi connectivity index (χ0v) is 18.3. The fourth-order valence-electron chi connectivity index (χ4n) is 2.57. The summed E-state index contributed by atoms with van der Waals surface area (Å²) in [7, 11) is 0. The molecular formula is C17H25BrFIN4O. The number of likely N-dealkylation sites (tertiary alicyclic amines) is 1. The lowest BCUT2D eigenvalue weighted by Gasteiger charge is -2.16. The molecule has 2 N–H and O–H groups in total. The van der Waals surface area contributed by atoms with Crippen LogP contribution in [0, 0.1) is 5.82 Å². The molecule has 25 heavy (non-hydrogen) atoms. The second-order valence-corrected chi connectivity index (χ2v) is 6.56. The number of carbonyl (C=O) groups excluding carboxylic acids is 1. The standard InChI is InChI=1S/C17H24BrFN4O.HI/c1-2-20-17(21-8-4-10-23-9-3-5-16(23)24)22-12-13-6-7-14(18)15(19)11-13;/h6-7,11H,2-5,8-10,12H2,1H3,(H2,20,21,22);1H. The van der Waals surface area contributed by atoms with Crippen LogP contribution in [0.15, 0.2) is 27.7 Å². The average Bonchev–Trinajstić information content (AvgIpc) is 2.97. The van der Waals surface area contributed by atoms with Crippen LogP contribution in [-0.2, 0) is 11.3 Å². The Labute approximate surface area is 174 Å². The molecule has 0 unspecified atom stereocenters. The van der Waals surface area contributed by atoms with Gasteiger partial charge in [0.05, 0.1) is 11.0 Å². The number of hydrogen-bond donors (Lipinski definition) is 2. The van der Waals surface area contributed by atoms with Gasteiger partial charge in [0.15, 0.2) is 5.96 Å². The van der Waals surface area contributed by atoms with Crippen molar-refractivity contribution in [3.8, 4) is 0 Å². The molecule has 1 aliphatic rings. The van der Waals surface area contributed by atoms with Crippen molar-refractivity contribution in [3.05, 3.63) is 34.1 Å². The number of aliphatic imine (C=N–C) groups is 1. The Bertz CT molecular complexity index is 600. The molecule has 0 spiro atoms. The van der Waals surface area contributed by atoms with Crippen molar-refractivity contribution in [3.63, 3.8) is 0 Å². The number of benzene rings is 1. The first-order valence-corrected chi connectivity index (χ1v) is 9.13. The summed E-state index contributed by atoms with van der Waals surface area (Å²) in [6.45, 7) is 5.56. The van der Waals surface area contributed by atoms with E-state index < -0.39 is 0 Å². The highest BCUT2D eigenvalue weighted by atomic mass is 127. The van der Waals surface area contributed by atoms with E-state index in [2.05, 4.69) is 31.6 Å². The molecule has 140 valence electrons. The lowest BCUT2D eigenvalue weighted by molar-refractivity contribution is -0.127. The first-order chi connectivity index (χ1) is 11.6. The van der Waals surface area contributed by atoms with E-state index in [4.69, 9.17) is 0 Å². The quantitative estimate of drug-likeness (QED) is 0.248. The molecule has 5 nitrogen and oxygen atoms in total. The highest BCUT2D eigenvalue weighted by Gasteiger charge is 2.18. The van der Waals surface area contributed by atoms with Crippen molar-refractivity contribution in [2.24, 2.45) is 4.99 Å². The van der Waals surface area contributed by atoms with E-state index in [-0.39, 0.29) is 35.7 Å². The van der Waals surface area contributed by atoms with Gasteiger partial charge in [0.1, 0.15) is 5.82 Å². The zero-order chi connectivity index (χ0) is 17.4. The van der Waals surface area contributed by atoms with E-state index in [1.54, 1.807) is 6.07 Å². The minimum atomic E-state index is -0.282. The normalized spacial score (nSPS) is 14.4. The van der Waals surface area contributed by atoms with E-state index >= 15 is 0 Å². The van der Waals surface area contributed by atoms with E-state index in [0.29, 0.717) is 23.4 Å². The summed E-state index contributed by atoms with van der Waals surface area (Å²) >= 11 is 3.14. The molecule has 0 aromatic heterocycles. The molecule has 1 aliphatic heterocycles. The van der Waals surface area contributed by atoms with E-state index in [9.17, 15) is 9.18 Å². The van der Waals surface area contributed by atoms with Crippen LogP contribution in [0.25, 0.3) is 0 Å². The zero-order valence-electron chi connectivity index (χ0n) is 14.4. The lowest BCUT2D eigenvalue weighted by atomic mass is 10.2. The molecule has 1 heterocycles. The Morgan fingerprint density at radius 2 is 2.20 bits per heavy atom. The molecule has 1 fully saturated rings. The van der Waals surface area contributed by atoms with Gasteiger partial charge in [-0.05, 0) is 53.4 Å². The van der Waals surface area contributed by atoms with Crippen LogP contribution < -0.4 is 10.6 Å². The largest absolute Gasteiger partial charge is 0.357 e. The molecule has 2 rings (SSSR count). The second kappa shape index (κ2) is 11.7. The third-order valence-electron chi connectivity index (χ3n) is 3.82. The summed E-state index contributed by atoms with van der Waals surface area (Å²) in [5.74, 6) is 0.678. The molecular weight excluding hydrogens is 502 g/mol. The SMILES string of the molecule is CCNC(=NCc1ccc(Br)c(F)c1)NCCCN1CCCC1=O.I. The molecule has 0 radical (unpaired) electrons. The van der Waals surface area contributed by atoms with Gasteiger partial charge in [0.25, 0.3) is 0 Å². The highest BCUT2D eigenvalue weighted by Crippen LogP contribution is 2.16. The summed E-state index contributed by atoms with van der Waals surface area (Å²) in [5, 5.41) is 6.43. The number of amides is 1. The number of rotatable bonds is 7. The molecule has 1 aromatic rings. The Morgan fingerprint density at radius 3 is 2.84 bits per heavy atom. The van der Waals surface area contributed by atoms with Crippen LogP contribution in [0.1, 0.15) is 31.7 Å². The molecule has 0 saturated carbocycles. The fraction of sp³-hybridized carbons (Fsp3) is 0.529. The maximum atomic E-state index is 13.5. The predicted octanol–water partition coefficient (Wildman–Crippen LogP) is 3.27. The van der Waals surface area contributed by atoms with Gasteiger partial charge in [-0.25, -0.2) is 9.38 Å². The topological polar surface area (TPSA) is 56.7 Å². The van der Waals surface area contributed by atoms with E-state index in [1.807, 2.05) is 17.9 Å². The summed E-state index contributed by atoms with van der Waals surface area (Å²) in [5.41, 5.74) is 0.815. The lowest BCUT2D eigenvalue weighted by Crippen LogP contribution is -2.39. The van der Waals surface area contributed by atoms with Crippen molar-refractivity contribution in [2.75, 3.05) is 26.2 Å². The van der Waals surface area contributed by atoms with Crippen LogP contribution in [0.2, 0.25) is 0 Å². The minimum absolute atomic E-state index is 0. The number of halogens is 3. The van der Waals surface area contributed by atoms with Crippen LogP contribution in [0.3, 0.4) is 0 Å². The predicted molar refractivity (Wildman–Crippen MR) is 113 cm³/mol. The van der Waals surface area contributed by atoms with Crippen molar-refractivity contribution in [1.82, 2.24) is 15.5 Å². The molecule has 0 aliphatic carbocycles. The van der Waals surface area contributed by atoms with Gasteiger partial charge in [-0.1, -0.05) is 6.07 Å².